The highest BCUT2D eigenvalue weighted by atomic mass is 32.2. The van der Waals surface area contributed by atoms with Gasteiger partial charge in [0.25, 0.3) is 0 Å². The molecule has 4 nitrogen and oxygen atoms in total. The lowest BCUT2D eigenvalue weighted by atomic mass is 10.1. The zero-order valence-electron chi connectivity index (χ0n) is 12.9. The fourth-order valence-corrected chi connectivity index (χ4v) is 3.24. The minimum atomic E-state index is -0.808. The Hall–Kier alpha value is -1.20. The number of rotatable bonds is 6. The lowest BCUT2D eigenvalue weighted by Crippen LogP contribution is -2.35. The number of benzene rings is 1. The van der Waals surface area contributed by atoms with E-state index >= 15 is 0 Å². The topological polar surface area (TPSA) is 49.4 Å². The quantitative estimate of drug-likeness (QED) is 0.873. The van der Waals surface area contributed by atoms with Crippen LogP contribution in [0.15, 0.2) is 30.3 Å². The van der Waals surface area contributed by atoms with E-state index in [0.717, 1.165) is 12.0 Å². The van der Waals surface area contributed by atoms with Crippen LogP contribution in [0.5, 0.6) is 0 Å². The summed E-state index contributed by atoms with van der Waals surface area (Å²) in [4.78, 5) is 14.5. The number of hydrogen-bond donors (Lipinski definition) is 1. The Balaban J connectivity index is 2.15. The van der Waals surface area contributed by atoms with Crippen LogP contribution < -0.4 is 5.32 Å². The Morgan fingerprint density at radius 1 is 1.29 bits per heavy atom. The molecule has 21 heavy (non-hydrogen) atoms. The first-order valence-corrected chi connectivity index (χ1v) is 9.15. The molecule has 116 valence electrons. The minimum Gasteiger partial charge on any atom is -0.322 e. The average molecular weight is 308 g/mol. The van der Waals surface area contributed by atoms with Gasteiger partial charge in [0, 0.05) is 29.4 Å². The van der Waals surface area contributed by atoms with Crippen LogP contribution in [-0.4, -0.2) is 39.6 Å². The molecular weight excluding hydrogens is 284 g/mol. The van der Waals surface area contributed by atoms with Crippen LogP contribution in [0.2, 0.25) is 0 Å². The van der Waals surface area contributed by atoms with Gasteiger partial charge >= 0.3 is 0 Å². The molecule has 1 aliphatic rings. The van der Waals surface area contributed by atoms with Crippen LogP contribution in [0, 0.1) is 5.92 Å². The van der Waals surface area contributed by atoms with Gasteiger partial charge < -0.3 is 4.90 Å². The Kier molecular flexibility index (Phi) is 5.53. The molecule has 2 rings (SSSR count). The third-order valence-corrected chi connectivity index (χ3v) is 4.67. The summed E-state index contributed by atoms with van der Waals surface area (Å²) >= 11 is 0. The first kappa shape index (κ1) is 16.2. The highest BCUT2D eigenvalue weighted by Crippen LogP contribution is 2.28. The first-order chi connectivity index (χ1) is 10.0. The van der Waals surface area contributed by atoms with E-state index in [1.165, 1.54) is 0 Å². The molecule has 1 saturated heterocycles. The van der Waals surface area contributed by atoms with Crippen molar-refractivity contribution in [3.05, 3.63) is 35.9 Å². The van der Waals surface area contributed by atoms with Gasteiger partial charge in [0.15, 0.2) is 0 Å². The smallest absolute Gasteiger partial charge is 0.241 e. The molecule has 0 saturated carbocycles. The van der Waals surface area contributed by atoms with Crippen molar-refractivity contribution in [2.75, 3.05) is 18.6 Å². The van der Waals surface area contributed by atoms with E-state index < -0.39 is 10.8 Å². The molecular formula is C16H24N2O2S. The fourth-order valence-electron chi connectivity index (χ4n) is 2.70. The SMILES string of the molecule is CC(C)C1NC(c2ccccc2)N(CCCS(C)=O)C1=O. The molecule has 1 aliphatic heterocycles. The van der Waals surface area contributed by atoms with Gasteiger partial charge in [0.1, 0.15) is 6.17 Å². The molecule has 0 radical (unpaired) electrons. The average Bonchev–Trinajstić information content (AvgIpc) is 2.77. The Labute approximate surface area is 129 Å². The summed E-state index contributed by atoms with van der Waals surface area (Å²) in [6, 6.07) is 9.90. The molecule has 3 atom stereocenters. The molecule has 3 unspecified atom stereocenters. The molecule has 1 N–H and O–H groups in total. The van der Waals surface area contributed by atoms with Crippen LogP contribution in [0.1, 0.15) is 32.0 Å². The second-order valence-electron chi connectivity index (χ2n) is 5.86. The number of nitrogens with one attached hydrogen (secondary N) is 1. The number of carbonyl (C=O) groups excluding carboxylic acids is 1. The zero-order valence-corrected chi connectivity index (χ0v) is 13.7. The highest BCUT2D eigenvalue weighted by Gasteiger charge is 2.40. The van der Waals surface area contributed by atoms with Crippen molar-refractivity contribution in [1.82, 2.24) is 10.2 Å². The maximum absolute atomic E-state index is 12.6. The summed E-state index contributed by atoms with van der Waals surface area (Å²) < 4.78 is 11.2. The van der Waals surface area contributed by atoms with Gasteiger partial charge in [0.05, 0.1) is 6.04 Å². The number of amides is 1. The molecule has 1 aromatic carbocycles. The molecule has 1 fully saturated rings. The third-order valence-electron chi connectivity index (χ3n) is 3.81. The number of hydrogen-bond acceptors (Lipinski definition) is 3. The monoisotopic (exact) mass is 308 g/mol. The Bertz CT molecular complexity index is 504. The molecule has 5 heteroatoms. The summed E-state index contributed by atoms with van der Waals surface area (Å²) in [5, 5.41) is 3.45. The minimum absolute atomic E-state index is 0.0728. The molecule has 0 spiro atoms. The predicted molar refractivity (Wildman–Crippen MR) is 86.2 cm³/mol. The van der Waals surface area contributed by atoms with E-state index in [9.17, 15) is 9.00 Å². The molecule has 1 heterocycles. The maximum atomic E-state index is 12.6. The van der Waals surface area contributed by atoms with Gasteiger partial charge in [-0.15, -0.1) is 0 Å². The van der Waals surface area contributed by atoms with Gasteiger partial charge in [-0.3, -0.25) is 14.3 Å². The molecule has 0 aliphatic carbocycles. The molecule has 1 amide bonds. The summed E-state index contributed by atoms with van der Waals surface area (Å²) in [6.07, 6.45) is 2.40. The van der Waals surface area contributed by atoms with Gasteiger partial charge in [-0.2, -0.15) is 0 Å². The summed E-state index contributed by atoms with van der Waals surface area (Å²) in [6.45, 7) is 4.76. The van der Waals surface area contributed by atoms with Crippen molar-refractivity contribution in [2.45, 2.75) is 32.5 Å². The predicted octanol–water partition coefficient (Wildman–Crippen LogP) is 1.91. The van der Waals surface area contributed by atoms with Gasteiger partial charge in [-0.25, -0.2) is 0 Å². The summed E-state index contributed by atoms with van der Waals surface area (Å²) in [5.41, 5.74) is 1.10. The van der Waals surface area contributed by atoms with Crippen LogP contribution in [0.25, 0.3) is 0 Å². The van der Waals surface area contributed by atoms with Crippen LogP contribution in [-0.2, 0) is 15.6 Å². The van der Waals surface area contributed by atoms with E-state index in [1.54, 1.807) is 6.26 Å². The molecule has 1 aromatic rings. The lowest BCUT2D eigenvalue weighted by molar-refractivity contribution is -0.130. The van der Waals surface area contributed by atoms with Gasteiger partial charge in [0.2, 0.25) is 5.91 Å². The van der Waals surface area contributed by atoms with Crippen molar-refractivity contribution in [3.63, 3.8) is 0 Å². The summed E-state index contributed by atoms with van der Waals surface area (Å²) in [7, 11) is -0.808. The van der Waals surface area contributed by atoms with Crippen molar-refractivity contribution < 1.29 is 9.00 Å². The highest BCUT2D eigenvalue weighted by molar-refractivity contribution is 7.84. The zero-order chi connectivity index (χ0) is 15.4. The second kappa shape index (κ2) is 7.18. The maximum Gasteiger partial charge on any atom is 0.241 e. The van der Waals surface area contributed by atoms with Crippen molar-refractivity contribution >= 4 is 16.7 Å². The van der Waals surface area contributed by atoms with Crippen LogP contribution >= 0.6 is 0 Å². The normalized spacial score (nSPS) is 23.8. The van der Waals surface area contributed by atoms with Crippen LogP contribution in [0.3, 0.4) is 0 Å². The van der Waals surface area contributed by atoms with Crippen molar-refractivity contribution in [2.24, 2.45) is 5.92 Å². The van der Waals surface area contributed by atoms with E-state index in [0.29, 0.717) is 12.3 Å². The van der Waals surface area contributed by atoms with Gasteiger partial charge in [-0.1, -0.05) is 44.2 Å². The summed E-state index contributed by atoms with van der Waals surface area (Å²) in [5.74, 6) is 1.05. The van der Waals surface area contributed by atoms with Crippen LogP contribution in [0.4, 0.5) is 0 Å². The fraction of sp³-hybridized carbons (Fsp3) is 0.562. The van der Waals surface area contributed by atoms with Gasteiger partial charge in [-0.05, 0) is 17.9 Å². The van der Waals surface area contributed by atoms with Crippen molar-refractivity contribution in [1.29, 1.82) is 0 Å². The Morgan fingerprint density at radius 2 is 1.95 bits per heavy atom. The third kappa shape index (κ3) is 3.92. The van der Waals surface area contributed by atoms with Crippen molar-refractivity contribution in [3.8, 4) is 0 Å². The number of nitrogens with zero attached hydrogens (tertiary/aromatic N) is 1. The molecule has 0 bridgehead atoms. The molecule has 0 aromatic heterocycles. The number of carbonyl (C=O) groups is 1. The van der Waals surface area contributed by atoms with E-state index in [-0.39, 0.29) is 24.0 Å². The van der Waals surface area contributed by atoms with E-state index in [2.05, 4.69) is 19.2 Å². The Morgan fingerprint density at radius 3 is 2.52 bits per heavy atom. The first-order valence-electron chi connectivity index (χ1n) is 7.42. The largest absolute Gasteiger partial charge is 0.322 e. The second-order valence-corrected chi connectivity index (χ2v) is 7.42. The van der Waals surface area contributed by atoms with E-state index in [4.69, 9.17) is 0 Å². The lowest BCUT2D eigenvalue weighted by Gasteiger charge is -2.24. The standard InChI is InChI=1S/C16H24N2O2S/c1-12(2)14-16(19)18(10-7-11-21(3)20)15(17-14)13-8-5-4-6-9-13/h4-6,8-9,12,14-15,17H,7,10-11H2,1-3H3. The van der Waals surface area contributed by atoms with E-state index in [1.807, 2.05) is 35.2 Å².